The van der Waals surface area contributed by atoms with Gasteiger partial charge in [0, 0.05) is 21.5 Å². The number of aromatic nitrogens is 2. The van der Waals surface area contributed by atoms with Gasteiger partial charge in [-0.3, -0.25) is 4.79 Å². The summed E-state index contributed by atoms with van der Waals surface area (Å²) >= 11 is 4.95. The highest BCUT2D eigenvalue weighted by molar-refractivity contribution is 9.10. The van der Waals surface area contributed by atoms with E-state index in [0.29, 0.717) is 11.6 Å². The maximum atomic E-state index is 11.8. The minimum absolute atomic E-state index is 0.0201. The topological polar surface area (TPSA) is 45.8 Å². The Morgan fingerprint density at radius 1 is 1.32 bits per heavy atom. The summed E-state index contributed by atoms with van der Waals surface area (Å²) in [6.07, 6.45) is 0.714. The maximum absolute atomic E-state index is 11.8. The molecule has 0 amide bonds. The van der Waals surface area contributed by atoms with Gasteiger partial charge in [-0.1, -0.05) is 46.7 Å². The van der Waals surface area contributed by atoms with Gasteiger partial charge in [0.15, 0.2) is 5.16 Å². The Kier molecular flexibility index (Phi) is 4.82. The van der Waals surface area contributed by atoms with E-state index in [1.165, 1.54) is 5.56 Å². The van der Waals surface area contributed by atoms with Crippen LogP contribution < -0.4 is 5.56 Å². The number of thioether (sulfide) groups is 1. The van der Waals surface area contributed by atoms with Crippen molar-refractivity contribution in [1.82, 2.24) is 9.97 Å². The van der Waals surface area contributed by atoms with Gasteiger partial charge in [0.25, 0.3) is 5.56 Å². The Morgan fingerprint density at radius 2 is 2.00 bits per heavy atom. The van der Waals surface area contributed by atoms with Crippen molar-refractivity contribution < 1.29 is 0 Å². The van der Waals surface area contributed by atoms with E-state index in [1.54, 1.807) is 11.8 Å². The first kappa shape index (κ1) is 14.3. The van der Waals surface area contributed by atoms with E-state index in [4.69, 9.17) is 0 Å². The lowest BCUT2D eigenvalue weighted by molar-refractivity contribution is 0.858. The molecule has 1 N–H and O–H groups in total. The molecule has 2 rings (SSSR count). The highest BCUT2D eigenvalue weighted by Gasteiger charge is 2.06. The Balaban J connectivity index is 2.12. The summed E-state index contributed by atoms with van der Waals surface area (Å²) in [5.41, 5.74) is 2.78. The van der Waals surface area contributed by atoms with E-state index < -0.39 is 0 Å². The smallest absolute Gasteiger partial charge is 0.254 e. The highest BCUT2D eigenvalue weighted by atomic mass is 79.9. The van der Waals surface area contributed by atoms with Crippen molar-refractivity contribution >= 4 is 27.7 Å². The molecule has 19 heavy (non-hydrogen) atoms. The molecule has 3 nitrogen and oxygen atoms in total. The van der Waals surface area contributed by atoms with Crippen molar-refractivity contribution in [1.29, 1.82) is 0 Å². The lowest BCUT2D eigenvalue weighted by Gasteiger charge is -2.05. The fourth-order valence-corrected chi connectivity index (χ4v) is 2.93. The molecule has 0 atom stereocenters. The first-order chi connectivity index (χ1) is 9.10. The molecule has 0 saturated carbocycles. The van der Waals surface area contributed by atoms with Crippen molar-refractivity contribution in [2.75, 3.05) is 0 Å². The number of benzene rings is 1. The minimum Gasteiger partial charge on any atom is -0.301 e. The van der Waals surface area contributed by atoms with E-state index in [2.05, 4.69) is 38.0 Å². The van der Waals surface area contributed by atoms with Gasteiger partial charge in [-0.2, -0.15) is 0 Å². The van der Waals surface area contributed by atoms with Crippen LogP contribution >= 0.6 is 27.7 Å². The summed E-state index contributed by atoms with van der Waals surface area (Å²) in [4.78, 5) is 19.1. The molecule has 100 valence electrons. The zero-order valence-electron chi connectivity index (χ0n) is 10.9. The monoisotopic (exact) mass is 338 g/mol. The average molecular weight is 339 g/mol. The standard InChI is InChI=1S/C14H15BrN2OS/c1-3-12-9(2)16-14(17-13(12)18)19-8-10-4-6-11(15)7-5-10/h4-7H,3,8H2,1-2H3,(H,16,17,18). The molecule has 0 bridgehead atoms. The van der Waals surface area contributed by atoms with Crippen LogP contribution in [0.15, 0.2) is 38.7 Å². The molecule has 0 fully saturated rings. The SMILES string of the molecule is CCc1c(C)nc(SCc2ccc(Br)cc2)[nH]c1=O. The molecule has 0 spiro atoms. The summed E-state index contributed by atoms with van der Waals surface area (Å²) < 4.78 is 1.07. The lowest BCUT2D eigenvalue weighted by Crippen LogP contribution is -2.16. The van der Waals surface area contributed by atoms with Crippen LogP contribution in [0.4, 0.5) is 0 Å². The van der Waals surface area contributed by atoms with Gasteiger partial charge in [-0.15, -0.1) is 0 Å². The van der Waals surface area contributed by atoms with Crippen LogP contribution in [-0.4, -0.2) is 9.97 Å². The number of halogens is 1. The highest BCUT2D eigenvalue weighted by Crippen LogP contribution is 2.20. The molecule has 0 saturated heterocycles. The van der Waals surface area contributed by atoms with Crippen molar-refractivity contribution in [3.8, 4) is 0 Å². The van der Waals surface area contributed by atoms with Crippen LogP contribution in [0.3, 0.4) is 0 Å². The molecule has 0 aliphatic carbocycles. The average Bonchev–Trinajstić information content (AvgIpc) is 2.38. The zero-order valence-corrected chi connectivity index (χ0v) is 13.3. The fraction of sp³-hybridized carbons (Fsp3) is 0.286. The van der Waals surface area contributed by atoms with Crippen molar-refractivity contribution in [2.24, 2.45) is 0 Å². The molecule has 1 heterocycles. The van der Waals surface area contributed by atoms with Gasteiger partial charge in [-0.25, -0.2) is 4.98 Å². The van der Waals surface area contributed by atoms with E-state index in [9.17, 15) is 4.79 Å². The lowest BCUT2D eigenvalue weighted by atomic mass is 10.2. The number of aromatic amines is 1. The van der Waals surface area contributed by atoms with Crippen LogP contribution in [0.2, 0.25) is 0 Å². The molecule has 0 aliphatic rings. The normalized spacial score (nSPS) is 10.7. The molecule has 0 unspecified atom stereocenters. The van der Waals surface area contributed by atoms with E-state index in [1.807, 2.05) is 26.0 Å². The van der Waals surface area contributed by atoms with E-state index in [0.717, 1.165) is 21.5 Å². The van der Waals surface area contributed by atoms with Crippen LogP contribution in [0, 0.1) is 6.92 Å². The molecular weight excluding hydrogens is 324 g/mol. The summed E-state index contributed by atoms with van der Waals surface area (Å²) in [6, 6.07) is 8.14. The Bertz CT molecular complexity index is 622. The third kappa shape index (κ3) is 3.70. The fourth-order valence-electron chi connectivity index (χ4n) is 1.80. The van der Waals surface area contributed by atoms with Crippen LogP contribution in [-0.2, 0) is 12.2 Å². The van der Waals surface area contributed by atoms with E-state index in [-0.39, 0.29) is 5.56 Å². The zero-order chi connectivity index (χ0) is 13.8. The van der Waals surface area contributed by atoms with Gasteiger partial charge in [0.05, 0.1) is 0 Å². The number of nitrogens with one attached hydrogen (secondary N) is 1. The Labute approximate surface area is 125 Å². The number of nitrogens with zero attached hydrogens (tertiary/aromatic N) is 1. The van der Waals surface area contributed by atoms with Crippen molar-refractivity contribution in [2.45, 2.75) is 31.2 Å². The molecule has 0 aliphatic heterocycles. The first-order valence-corrected chi connectivity index (χ1v) is 7.85. The Morgan fingerprint density at radius 3 is 2.58 bits per heavy atom. The molecule has 1 aromatic carbocycles. The number of hydrogen-bond acceptors (Lipinski definition) is 3. The van der Waals surface area contributed by atoms with Gasteiger partial charge in [0.1, 0.15) is 0 Å². The summed E-state index contributed by atoms with van der Waals surface area (Å²) in [5, 5.41) is 0.683. The molecular formula is C14H15BrN2OS. The molecule has 0 radical (unpaired) electrons. The second-order valence-corrected chi connectivity index (χ2v) is 6.08. The number of aryl methyl sites for hydroxylation is 1. The van der Waals surface area contributed by atoms with Crippen molar-refractivity contribution in [3.63, 3.8) is 0 Å². The Hall–Kier alpha value is -1.07. The third-order valence-electron chi connectivity index (χ3n) is 2.84. The largest absolute Gasteiger partial charge is 0.301 e. The quantitative estimate of drug-likeness (QED) is 0.682. The van der Waals surface area contributed by atoms with E-state index >= 15 is 0 Å². The van der Waals surface area contributed by atoms with Gasteiger partial charge in [0.2, 0.25) is 0 Å². The molecule has 5 heteroatoms. The summed E-state index contributed by atoms with van der Waals surface area (Å²) in [6.45, 7) is 3.85. The molecule has 2 aromatic rings. The predicted octanol–water partition coefficient (Wildman–Crippen LogP) is 3.70. The van der Waals surface area contributed by atoms with Gasteiger partial charge < -0.3 is 4.98 Å². The van der Waals surface area contributed by atoms with Crippen LogP contribution in [0.1, 0.15) is 23.7 Å². The van der Waals surface area contributed by atoms with Crippen LogP contribution in [0.5, 0.6) is 0 Å². The summed E-state index contributed by atoms with van der Waals surface area (Å²) in [5.74, 6) is 0.793. The van der Waals surface area contributed by atoms with Gasteiger partial charge in [-0.05, 0) is 31.0 Å². The molecule has 1 aromatic heterocycles. The number of rotatable bonds is 4. The van der Waals surface area contributed by atoms with Crippen LogP contribution in [0.25, 0.3) is 0 Å². The minimum atomic E-state index is -0.0201. The predicted molar refractivity (Wildman–Crippen MR) is 82.7 cm³/mol. The summed E-state index contributed by atoms with van der Waals surface area (Å²) in [7, 11) is 0. The van der Waals surface area contributed by atoms with Gasteiger partial charge >= 0.3 is 0 Å². The second-order valence-electron chi connectivity index (χ2n) is 4.20. The maximum Gasteiger partial charge on any atom is 0.254 e. The second kappa shape index (κ2) is 6.39. The van der Waals surface area contributed by atoms with Crippen molar-refractivity contribution in [3.05, 3.63) is 55.9 Å². The third-order valence-corrected chi connectivity index (χ3v) is 4.32. The number of hydrogen-bond donors (Lipinski definition) is 1. The number of H-pyrrole nitrogens is 1. The first-order valence-electron chi connectivity index (χ1n) is 6.07.